The molecule has 0 spiro atoms. The molecule has 1 N–H and O–H groups in total. The number of aryl methyl sites for hydroxylation is 1. The van der Waals surface area contributed by atoms with Gasteiger partial charge in [-0.15, -0.1) is 0 Å². The summed E-state index contributed by atoms with van der Waals surface area (Å²) in [6, 6.07) is 8.26. The fraction of sp³-hybridized carbons (Fsp3) is 0.308. The van der Waals surface area contributed by atoms with Crippen molar-refractivity contribution < 1.29 is 0 Å². The molecule has 0 aliphatic carbocycles. The van der Waals surface area contributed by atoms with Gasteiger partial charge in [-0.3, -0.25) is 4.68 Å². The van der Waals surface area contributed by atoms with Crippen LogP contribution in [0.3, 0.4) is 0 Å². The van der Waals surface area contributed by atoms with Crippen molar-refractivity contribution in [2.24, 2.45) is 0 Å². The van der Waals surface area contributed by atoms with E-state index in [-0.39, 0.29) is 0 Å². The van der Waals surface area contributed by atoms with E-state index >= 15 is 0 Å². The van der Waals surface area contributed by atoms with E-state index in [2.05, 4.69) is 51.5 Å². The summed E-state index contributed by atoms with van der Waals surface area (Å²) in [5, 5.41) is 7.61. The van der Waals surface area contributed by atoms with Crippen LogP contribution in [-0.2, 0) is 13.1 Å². The standard InChI is InChI=1S/C13H16BrN3/c1-3-17-13(10(8-15-2)9-16-17)11-6-4-5-7-12(11)14/h4-7,9,15H,3,8H2,1-2H3. The van der Waals surface area contributed by atoms with E-state index < -0.39 is 0 Å². The number of aromatic nitrogens is 2. The molecule has 0 aliphatic heterocycles. The number of hydrogen-bond donors (Lipinski definition) is 1. The van der Waals surface area contributed by atoms with Crippen molar-refractivity contribution in [1.29, 1.82) is 0 Å². The Bertz CT molecular complexity index is 505. The number of hydrogen-bond acceptors (Lipinski definition) is 2. The van der Waals surface area contributed by atoms with Gasteiger partial charge in [0.2, 0.25) is 0 Å². The minimum atomic E-state index is 0.830. The van der Waals surface area contributed by atoms with Crippen molar-refractivity contribution in [2.75, 3.05) is 7.05 Å². The van der Waals surface area contributed by atoms with Crippen LogP contribution in [0, 0.1) is 0 Å². The third kappa shape index (κ3) is 2.42. The zero-order valence-corrected chi connectivity index (χ0v) is 11.7. The first-order valence-corrected chi connectivity index (χ1v) is 6.51. The molecule has 0 radical (unpaired) electrons. The molecule has 4 heteroatoms. The highest BCUT2D eigenvalue weighted by molar-refractivity contribution is 9.10. The normalized spacial score (nSPS) is 10.8. The summed E-state index contributed by atoms with van der Waals surface area (Å²) in [6.07, 6.45) is 1.94. The average molecular weight is 294 g/mol. The van der Waals surface area contributed by atoms with Crippen molar-refractivity contribution in [3.8, 4) is 11.3 Å². The van der Waals surface area contributed by atoms with Crippen LogP contribution >= 0.6 is 15.9 Å². The van der Waals surface area contributed by atoms with Gasteiger partial charge in [-0.25, -0.2) is 0 Å². The van der Waals surface area contributed by atoms with Crippen molar-refractivity contribution in [1.82, 2.24) is 15.1 Å². The maximum atomic E-state index is 4.43. The zero-order valence-electron chi connectivity index (χ0n) is 10.1. The van der Waals surface area contributed by atoms with Crippen molar-refractivity contribution in [3.63, 3.8) is 0 Å². The van der Waals surface area contributed by atoms with Crippen LogP contribution in [0.1, 0.15) is 12.5 Å². The Labute approximate surface area is 110 Å². The molecule has 2 rings (SSSR count). The molecule has 0 saturated heterocycles. The summed E-state index contributed by atoms with van der Waals surface area (Å²) in [4.78, 5) is 0. The molecule has 2 aromatic rings. The van der Waals surface area contributed by atoms with Crippen LogP contribution in [-0.4, -0.2) is 16.8 Å². The van der Waals surface area contributed by atoms with E-state index in [0.717, 1.165) is 17.6 Å². The van der Waals surface area contributed by atoms with E-state index in [1.54, 1.807) is 0 Å². The Hall–Kier alpha value is -1.13. The molecule has 0 aliphatic rings. The van der Waals surface area contributed by atoms with Gasteiger partial charge in [0.1, 0.15) is 0 Å². The van der Waals surface area contributed by atoms with Crippen LogP contribution < -0.4 is 5.32 Å². The molecule has 0 amide bonds. The lowest BCUT2D eigenvalue weighted by molar-refractivity contribution is 0.666. The maximum absolute atomic E-state index is 4.43. The molecule has 1 aromatic heterocycles. The van der Waals surface area contributed by atoms with E-state index in [0.29, 0.717) is 0 Å². The highest BCUT2D eigenvalue weighted by Gasteiger charge is 2.13. The average Bonchev–Trinajstić information content (AvgIpc) is 2.73. The van der Waals surface area contributed by atoms with E-state index in [9.17, 15) is 0 Å². The molecule has 90 valence electrons. The second kappa shape index (κ2) is 5.47. The number of benzene rings is 1. The van der Waals surface area contributed by atoms with Gasteiger partial charge in [-0.05, 0) is 20.0 Å². The molecule has 0 fully saturated rings. The minimum absolute atomic E-state index is 0.830. The summed E-state index contributed by atoms with van der Waals surface area (Å²) < 4.78 is 3.14. The van der Waals surface area contributed by atoms with Crippen LogP contribution in [0.15, 0.2) is 34.9 Å². The summed E-state index contributed by atoms with van der Waals surface area (Å²) in [6.45, 7) is 3.81. The SMILES string of the molecule is CCn1ncc(CNC)c1-c1ccccc1Br. The van der Waals surface area contributed by atoms with Gasteiger partial charge in [0.25, 0.3) is 0 Å². The molecular weight excluding hydrogens is 278 g/mol. The lowest BCUT2D eigenvalue weighted by atomic mass is 10.1. The van der Waals surface area contributed by atoms with Gasteiger partial charge >= 0.3 is 0 Å². The molecule has 3 nitrogen and oxygen atoms in total. The van der Waals surface area contributed by atoms with E-state index in [4.69, 9.17) is 0 Å². The molecule has 0 saturated carbocycles. The fourth-order valence-corrected chi connectivity index (χ4v) is 2.42. The Kier molecular flexibility index (Phi) is 3.97. The fourth-order valence-electron chi connectivity index (χ4n) is 1.95. The third-order valence-electron chi connectivity index (χ3n) is 2.71. The minimum Gasteiger partial charge on any atom is -0.316 e. The van der Waals surface area contributed by atoms with Crippen LogP contribution in [0.25, 0.3) is 11.3 Å². The third-order valence-corrected chi connectivity index (χ3v) is 3.40. The second-order valence-electron chi connectivity index (χ2n) is 3.84. The van der Waals surface area contributed by atoms with Gasteiger partial charge in [-0.1, -0.05) is 34.1 Å². The topological polar surface area (TPSA) is 29.9 Å². The number of nitrogens with one attached hydrogen (secondary N) is 1. The molecule has 1 heterocycles. The zero-order chi connectivity index (χ0) is 12.3. The highest BCUT2D eigenvalue weighted by Crippen LogP contribution is 2.30. The molecule has 17 heavy (non-hydrogen) atoms. The summed E-state index contributed by atoms with van der Waals surface area (Å²) in [5.41, 5.74) is 3.60. The summed E-state index contributed by atoms with van der Waals surface area (Å²) >= 11 is 3.60. The summed E-state index contributed by atoms with van der Waals surface area (Å²) in [5.74, 6) is 0. The molecule has 0 bridgehead atoms. The Morgan fingerprint density at radius 2 is 2.12 bits per heavy atom. The van der Waals surface area contributed by atoms with Gasteiger partial charge in [0.05, 0.1) is 11.9 Å². The lowest BCUT2D eigenvalue weighted by Crippen LogP contribution is -2.07. The van der Waals surface area contributed by atoms with E-state index in [1.807, 2.05) is 24.0 Å². The largest absolute Gasteiger partial charge is 0.316 e. The van der Waals surface area contributed by atoms with Gasteiger partial charge in [-0.2, -0.15) is 5.10 Å². The quantitative estimate of drug-likeness (QED) is 0.939. The molecule has 1 aromatic carbocycles. The first-order valence-electron chi connectivity index (χ1n) is 5.72. The molecule has 0 atom stereocenters. The second-order valence-corrected chi connectivity index (χ2v) is 4.70. The highest BCUT2D eigenvalue weighted by atomic mass is 79.9. The first-order chi connectivity index (χ1) is 8.27. The van der Waals surface area contributed by atoms with Crippen molar-refractivity contribution in [3.05, 3.63) is 40.5 Å². The smallest absolute Gasteiger partial charge is 0.0738 e. The van der Waals surface area contributed by atoms with Crippen molar-refractivity contribution >= 4 is 15.9 Å². The monoisotopic (exact) mass is 293 g/mol. The Morgan fingerprint density at radius 1 is 1.35 bits per heavy atom. The number of nitrogens with zero attached hydrogens (tertiary/aromatic N) is 2. The van der Waals surface area contributed by atoms with Crippen LogP contribution in [0.4, 0.5) is 0 Å². The van der Waals surface area contributed by atoms with Gasteiger partial charge in [0, 0.05) is 28.7 Å². The van der Waals surface area contributed by atoms with Crippen LogP contribution in [0.5, 0.6) is 0 Å². The first kappa shape index (κ1) is 12.3. The van der Waals surface area contributed by atoms with Gasteiger partial charge < -0.3 is 5.32 Å². The Balaban J connectivity index is 2.56. The number of halogens is 1. The lowest BCUT2D eigenvalue weighted by Gasteiger charge is -2.10. The van der Waals surface area contributed by atoms with E-state index in [1.165, 1.54) is 16.8 Å². The number of rotatable bonds is 4. The maximum Gasteiger partial charge on any atom is 0.0738 e. The van der Waals surface area contributed by atoms with Crippen molar-refractivity contribution in [2.45, 2.75) is 20.0 Å². The predicted molar refractivity (Wildman–Crippen MR) is 73.8 cm³/mol. The predicted octanol–water partition coefficient (Wildman–Crippen LogP) is 3.05. The van der Waals surface area contributed by atoms with Gasteiger partial charge in [0.15, 0.2) is 0 Å². The Morgan fingerprint density at radius 3 is 2.76 bits per heavy atom. The molecular formula is C13H16BrN3. The van der Waals surface area contributed by atoms with Crippen LogP contribution in [0.2, 0.25) is 0 Å². The molecule has 0 unspecified atom stereocenters. The summed E-state index contributed by atoms with van der Waals surface area (Å²) in [7, 11) is 1.95.